The number of unbranched alkanes of at least 4 members (excludes halogenated alkanes) is 39. The Labute approximate surface area is 594 Å². The number of hydrogen-bond donors (Lipinski definition) is 14. The largest absolute Gasteiger partial charge is 0.477 e. The highest BCUT2D eigenvalue weighted by Crippen LogP contribution is 2.39. The molecule has 3 heterocycles. The third kappa shape index (κ3) is 36.7. The van der Waals surface area contributed by atoms with Gasteiger partial charge in [0.15, 0.2) is 12.6 Å². The number of aliphatic hydroxyl groups is 11. The van der Waals surface area contributed by atoms with E-state index in [4.69, 9.17) is 28.4 Å². The number of aliphatic hydroxyl groups excluding tert-OH is 11. The average Bonchev–Trinajstić information content (AvgIpc) is 0.757. The van der Waals surface area contributed by atoms with Gasteiger partial charge in [-0.15, -0.1) is 0 Å². The van der Waals surface area contributed by atoms with Crippen LogP contribution in [0.2, 0.25) is 0 Å². The molecule has 18 atom stereocenters. The zero-order chi connectivity index (χ0) is 72.5. The highest BCUT2D eigenvalue weighted by Gasteiger charge is 2.60. The number of carbonyl (C=O) groups is 3. The third-order valence-corrected chi connectivity index (χ3v) is 19.9. The lowest BCUT2D eigenvalue weighted by atomic mass is 9.88. The van der Waals surface area contributed by atoms with Gasteiger partial charge in [-0.2, -0.15) is 0 Å². The minimum Gasteiger partial charge on any atom is -0.477 e. The maximum absolute atomic E-state index is 13.5. The molecule has 0 radical (unpaired) electrons. The van der Waals surface area contributed by atoms with Crippen molar-refractivity contribution >= 4 is 17.8 Å². The first-order valence-corrected chi connectivity index (χ1v) is 39.2. The maximum atomic E-state index is 13.5. The Morgan fingerprint density at radius 2 is 0.949 bits per heavy atom. The molecule has 14 N–H and O–H groups in total. The molecule has 3 fully saturated rings. The third-order valence-electron chi connectivity index (χ3n) is 19.9. The van der Waals surface area contributed by atoms with Crippen molar-refractivity contribution in [3.05, 3.63) is 24.3 Å². The van der Waals surface area contributed by atoms with Gasteiger partial charge in [0, 0.05) is 19.8 Å². The number of ether oxygens (including phenoxy) is 6. The van der Waals surface area contributed by atoms with Crippen molar-refractivity contribution in [1.29, 1.82) is 0 Å². The Hall–Kier alpha value is -2.79. The Morgan fingerprint density at radius 3 is 1.37 bits per heavy atom. The number of aliphatic carboxylic acids is 1. The van der Waals surface area contributed by atoms with E-state index in [0.29, 0.717) is 12.8 Å². The van der Waals surface area contributed by atoms with E-state index in [9.17, 15) is 75.7 Å². The molecular weight excluding hydrogens is 1280 g/mol. The Morgan fingerprint density at radius 1 is 0.525 bits per heavy atom. The van der Waals surface area contributed by atoms with E-state index < -0.39 is 155 Å². The summed E-state index contributed by atoms with van der Waals surface area (Å²) in [5, 5.41) is 136. The monoisotopic (exact) mass is 1420 g/mol. The molecule has 23 heteroatoms. The van der Waals surface area contributed by atoms with Crippen molar-refractivity contribution in [2.45, 2.75) is 413 Å². The van der Waals surface area contributed by atoms with Gasteiger partial charge in [0.1, 0.15) is 67.1 Å². The summed E-state index contributed by atoms with van der Waals surface area (Å²) >= 11 is 0. The van der Waals surface area contributed by atoms with Gasteiger partial charge in [0.25, 0.3) is 5.79 Å². The van der Waals surface area contributed by atoms with Gasteiger partial charge in [0.05, 0.1) is 50.7 Å². The topological polar surface area (TPSA) is 373 Å². The molecule has 3 rings (SSSR count). The molecule has 0 aromatic carbocycles. The molecule has 580 valence electrons. The zero-order valence-corrected chi connectivity index (χ0v) is 61.1. The molecule has 0 bridgehead atoms. The number of carboxylic acids is 1. The first kappa shape index (κ1) is 90.4. The van der Waals surface area contributed by atoms with Crippen LogP contribution in [0.4, 0.5) is 0 Å². The van der Waals surface area contributed by atoms with Gasteiger partial charge in [-0.05, 0) is 44.9 Å². The smallest absolute Gasteiger partial charge is 0.364 e. The van der Waals surface area contributed by atoms with Crippen LogP contribution in [0.25, 0.3) is 0 Å². The van der Waals surface area contributed by atoms with E-state index in [0.717, 1.165) is 51.9 Å². The quantitative estimate of drug-likeness (QED) is 0.0199. The summed E-state index contributed by atoms with van der Waals surface area (Å²) in [5.41, 5.74) is 0. The zero-order valence-electron chi connectivity index (χ0n) is 61.1. The molecule has 18 unspecified atom stereocenters. The molecule has 0 saturated carbocycles. The number of nitrogens with one attached hydrogen (secondary N) is 2. The summed E-state index contributed by atoms with van der Waals surface area (Å²) in [5.74, 6) is -6.14. The number of hydrogen-bond acceptors (Lipinski definition) is 20. The van der Waals surface area contributed by atoms with Crippen LogP contribution in [0.3, 0.4) is 0 Å². The predicted octanol–water partition coefficient (Wildman–Crippen LogP) is 9.57. The fraction of sp³-hybridized carbons (Fsp3) is 0.908. The molecular formula is C76H140N2O21. The van der Waals surface area contributed by atoms with E-state index in [2.05, 4.69) is 36.6 Å². The highest BCUT2D eigenvalue weighted by molar-refractivity contribution is 5.77. The first-order valence-electron chi connectivity index (χ1n) is 39.2. The number of rotatable bonds is 61. The lowest BCUT2D eigenvalue weighted by Gasteiger charge is -2.50. The Kier molecular flexibility index (Phi) is 50.8. The lowest BCUT2D eigenvalue weighted by molar-refractivity contribution is -0.386. The summed E-state index contributed by atoms with van der Waals surface area (Å²) in [7, 11) is 0. The minimum atomic E-state index is -3.08. The number of carboxylic acid groups (broad SMARTS) is 1. The Balaban J connectivity index is 1.50. The Bertz CT molecular complexity index is 2080. The summed E-state index contributed by atoms with van der Waals surface area (Å²) in [6, 6.07) is -2.62. The molecule has 0 spiro atoms. The van der Waals surface area contributed by atoms with E-state index in [-0.39, 0.29) is 12.3 Å². The molecule has 99 heavy (non-hydrogen) atoms. The van der Waals surface area contributed by atoms with Crippen LogP contribution in [0.1, 0.15) is 303 Å². The SMILES string of the molecule is CCCCCCCCCCCCCC/C=C\CCCCCCCCCCCCCCCC(=O)NC(COC1OC(CO)C(OC2OC(CO)C(O)C(OC3(C(=O)O)CC(O)C(NC(C)=O)C(C(O)C(O)CO)O3)C2O)C(O)C1O)C(O)/C=C/CCCCCCCCCCCCCCCC. The van der Waals surface area contributed by atoms with Crippen molar-refractivity contribution in [3.63, 3.8) is 0 Å². The van der Waals surface area contributed by atoms with Crippen LogP contribution >= 0.6 is 0 Å². The second kappa shape index (κ2) is 55.7. The molecule has 3 saturated heterocycles. The fourth-order valence-corrected chi connectivity index (χ4v) is 13.6. The summed E-state index contributed by atoms with van der Waals surface area (Å²) in [6.45, 7) is 2.17. The molecule has 0 aromatic rings. The molecule has 3 aliphatic heterocycles. The van der Waals surface area contributed by atoms with Crippen molar-refractivity contribution < 1.29 is 104 Å². The van der Waals surface area contributed by atoms with Gasteiger partial charge in [-0.1, -0.05) is 263 Å². The molecule has 23 nitrogen and oxygen atoms in total. The van der Waals surface area contributed by atoms with Crippen LogP contribution < -0.4 is 10.6 Å². The number of carbonyl (C=O) groups excluding carboxylic acids is 2. The number of allylic oxidation sites excluding steroid dienone is 3. The van der Waals surface area contributed by atoms with Gasteiger partial charge in [-0.3, -0.25) is 9.59 Å². The summed E-state index contributed by atoms with van der Waals surface area (Å²) in [4.78, 5) is 38.6. The maximum Gasteiger partial charge on any atom is 0.364 e. The van der Waals surface area contributed by atoms with Gasteiger partial charge < -0.3 is 100 Å². The van der Waals surface area contributed by atoms with Gasteiger partial charge in [0.2, 0.25) is 11.8 Å². The van der Waals surface area contributed by atoms with Gasteiger partial charge >= 0.3 is 5.97 Å². The standard InChI is InChI=1S/C76H140N2O21/c1-4-6-8-10-12-14-16-18-20-22-23-24-25-26-27-28-29-30-31-32-33-34-36-38-40-42-44-46-48-50-63(86)78-57(58(83)49-47-45-43-41-39-37-35-21-19-17-15-13-11-9-7-5-2)55-94-73-68(90)67(89)70(62(54-81)96-73)97-74-69(91)72(66(88)61(53-80)95-74)99-76(75(92)93)51-59(84)64(77-56(3)82)71(98-76)65(87)60(85)52-79/h26-27,47,49,57-62,64-74,79-81,83-85,87-91H,4-25,28-46,48,50-55H2,1-3H3,(H,77,82)(H,78,86)(H,92,93)/b27-26-,49-47+. The van der Waals surface area contributed by atoms with Crippen LogP contribution in [0, 0.1) is 0 Å². The van der Waals surface area contributed by atoms with Crippen molar-refractivity contribution in [2.75, 3.05) is 26.4 Å². The van der Waals surface area contributed by atoms with Crippen LogP contribution in [0.5, 0.6) is 0 Å². The van der Waals surface area contributed by atoms with Crippen molar-refractivity contribution in [1.82, 2.24) is 10.6 Å². The first-order chi connectivity index (χ1) is 47.9. The van der Waals surface area contributed by atoms with Crippen LogP contribution in [0.15, 0.2) is 24.3 Å². The van der Waals surface area contributed by atoms with Gasteiger partial charge in [-0.25, -0.2) is 4.79 Å². The molecule has 0 aliphatic carbocycles. The second-order valence-corrected chi connectivity index (χ2v) is 28.6. The van der Waals surface area contributed by atoms with E-state index in [1.54, 1.807) is 6.08 Å². The highest BCUT2D eigenvalue weighted by atomic mass is 16.8. The van der Waals surface area contributed by atoms with Crippen LogP contribution in [-0.2, 0) is 42.8 Å². The van der Waals surface area contributed by atoms with E-state index in [1.807, 2.05) is 6.08 Å². The van der Waals surface area contributed by atoms with Crippen molar-refractivity contribution in [3.8, 4) is 0 Å². The predicted molar refractivity (Wildman–Crippen MR) is 380 cm³/mol. The molecule has 2 amide bonds. The summed E-state index contributed by atoms with van der Waals surface area (Å²) in [6.07, 6.45) is 30.8. The number of amides is 2. The second-order valence-electron chi connectivity index (χ2n) is 28.6. The lowest BCUT2D eigenvalue weighted by Crippen LogP contribution is -2.70. The molecule has 3 aliphatic rings. The van der Waals surface area contributed by atoms with E-state index >= 15 is 0 Å². The summed E-state index contributed by atoms with van der Waals surface area (Å²) < 4.78 is 34.9. The fourth-order valence-electron chi connectivity index (χ4n) is 13.6. The average molecular weight is 1420 g/mol. The van der Waals surface area contributed by atoms with E-state index in [1.165, 1.54) is 212 Å². The minimum absolute atomic E-state index is 0.202. The molecule has 0 aromatic heterocycles. The van der Waals surface area contributed by atoms with Crippen LogP contribution in [-0.4, -0.2) is 215 Å². The van der Waals surface area contributed by atoms with Crippen molar-refractivity contribution in [2.24, 2.45) is 0 Å². The normalized spacial score (nSPS) is 27.2.